The predicted octanol–water partition coefficient (Wildman–Crippen LogP) is 1.33. The molecule has 1 fully saturated rings. The van der Waals surface area contributed by atoms with E-state index in [0.29, 0.717) is 19.6 Å². The van der Waals surface area contributed by atoms with E-state index in [0.717, 1.165) is 50.8 Å². The highest BCUT2D eigenvalue weighted by molar-refractivity contribution is 14.0. The number of guanidine groups is 1. The van der Waals surface area contributed by atoms with Crippen molar-refractivity contribution in [3.8, 4) is 0 Å². The second-order valence-electron chi connectivity index (χ2n) is 5.64. The first-order chi connectivity index (χ1) is 11.7. The van der Waals surface area contributed by atoms with Gasteiger partial charge in [-0.1, -0.05) is 5.16 Å². The third-order valence-electron chi connectivity index (χ3n) is 3.91. The molecule has 0 atom stereocenters. The van der Waals surface area contributed by atoms with Crippen molar-refractivity contribution in [3.63, 3.8) is 0 Å². The summed E-state index contributed by atoms with van der Waals surface area (Å²) in [7, 11) is 1.79. The molecule has 0 radical (unpaired) electrons. The SMILES string of the molecule is CCOC(=O)CCCNC(=NC)N1CCN(Cc2ccon2)CC1.I. The van der Waals surface area contributed by atoms with Crippen molar-refractivity contribution in [2.45, 2.75) is 26.3 Å². The molecule has 0 spiro atoms. The molecule has 0 aromatic carbocycles. The molecule has 0 saturated carbocycles. The minimum Gasteiger partial charge on any atom is -0.466 e. The van der Waals surface area contributed by atoms with Gasteiger partial charge in [0, 0.05) is 58.8 Å². The number of hydrogen-bond donors (Lipinski definition) is 1. The Labute approximate surface area is 166 Å². The number of aromatic nitrogens is 1. The number of aliphatic imine (C=N–C) groups is 1. The third-order valence-corrected chi connectivity index (χ3v) is 3.91. The summed E-state index contributed by atoms with van der Waals surface area (Å²) in [5, 5.41) is 7.27. The number of hydrogen-bond acceptors (Lipinski definition) is 6. The zero-order valence-electron chi connectivity index (χ0n) is 14.9. The van der Waals surface area contributed by atoms with Gasteiger partial charge in [-0.25, -0.2) is 0 Å². The van der Waals surface area contributed by atoms with Crippen LogP contribution in [0.25, 0.3) is 0 Å². The van der Waals surface area contributed by atoms with E-state index in [9.17, 15) is 4.79 Å². The number of carbonyl (C=O) groups is 1. The summed E-state index contributed by atoms with van der Waals surface area (Å²) < 4.78 is 9.79. The van der Waals surface area contributed by atoms with Crippen LogP contribution < -0.4 is 5.32 Å². The third kappa shape index (κ3) is 7.59. The minimum absolute atomic E-state index is 0. The van der Waals surface area contributed by atoms with Crippen LogP contribution in [-0.2, 0) is 16.1 Å². The molecule has 25 heavy (non-hydrogen) atoms. The smallest absolute Gasteiger partial charge is 0.305 e. The van der Waals surface area contributed by atoms with Crippen molar-refractivity contribution >= 4 is 35.9 Å². The average Bonchev–Trinajstić information content (AvgIpc) is 3.09. The van der Waals surface area contributed by atoms with E-state index >= 15 is 0 Å². The fourth-order valence-electron chi connectivity index (χ4n) is 2.66. The Hall–Kier alpha value is -1.36. The first-order valence-corrected chi connectivity index (χ1v) is 8.45. The summed E-state index contributed by atoms with van der Waals surface area (Å²) in [5.41, 5.74) is 0.963. The number of ether oxygens (including phenoxy) is 1. The van der Waals surface area contributed by atoms with Crippen molar-refractivity contribution in [1.29, 1.82) is 0 Å². The number of nitrogens with zero attached hydrogens (tertiary/aromatic N) is 4. The van der Waals surface area contributed by atoms with Crippen molar-refractivity contribution in [3.05, 3.63) is 18.0 Å². The van der Waals surface area contributed by atoms with Gasteiger partial charge in [0.2, 0.25) is 0 Å². The van der Waals surface area contributed by atoms with Crippen molar-refractivity contribution in [2.75, 3.05) is 46.4 Å². The van der Waals surface area contributed by atoms with E-state index in [1.807, 2.05) is 13.0 Å². The van der Waals surface area contributed by atoms with Gasteiger partial charge in [0.1, 0.15) is 6.26 Å². The molecule has 8 nitrogen and oxygen atoms in total. The van der Waals surface area contributed by atoms with E-state index in [1.165, 1.54) is 0 Å². The van der Waals surface area contributed by atoms with Crippen molar-refractivity contribution in [2.24, 2.45) is 4.99 Å². The minimum atomic E-state index is -0.143. The van der Waals surface area contributed by atoms with Gasteiger partial charge in [0.05, 0.1) is 12.3 Å². The zero-order valence-corrected chi connectivity index (χ0v) is 17.3. The Morgan fingerprint density at radius 3 is 2.76 bits per heavy atom. The van der Waals surface area contributed by atoms with Gasteiger partial charge < -0.3 is 19.5 Å². The van der Waals surface area contributed by atoms with Gasteiger partial charge in [-0.3, -0.25) is 14.7 Å². The lowest BCUT2D eigenvalue weighted by molar-refractivity contribution is -0.143. The van der Waals surface area contributed by atoms with Crippen LogP contribution in [0.3, 0.4) is 0 Å². The van der Waals surface area contributed by atoms with Crippen LogP contribution in [0.15, 0.2) is 21.8 Å². The molecular weight excluding hydrogens is 437 g/mol. The molecule has 1 saturated heterocycles. The van der Waals surface area contributed by atoms with Crippen molar-refractivity contribution < 1.29 is 14.1 Å². The van der Waals surface area contributed by atoms with Crippen LogP contribution >= 0.6 is 24.0 Å². The lowest BCUT2D eigenvalue weighted by atomic mass is 10.3. The first kappa shape index (κ1) is 21.7. The molecule has 1 aliphatic heterocycles. The van der Waals surface area contributed by atoms with Gasteiger partial charge in [-0.2, -0.15) is 0 Å². The Kier molecular flexibility index (Phi) is 10.5. The molecule has 142 valence electrons. The standard InChI is InChI=1S/C16H27N5O3.HI/c1-3-23-15(22)5-4-7-18-16(17-2)21-10-8-20(9-11-21)13-14-6-12-24-19-14;/h6,12H,3-5,7-11,13H2,1-2H3,(H,17,18);1H. The number of nitrogens with one attached hydrogen (secondary N) is 1. The van der Waals surface area contributed by atoms with Crippen molar-refractivity contribution in [1.82, 2.24) is 20.3 Å². The van der Waals surface area contributed by atoms with Crippen LogP contribution in [-0.4, -0.2) is 73.3 Å². The number of carbonyl (C=O) groups excluding carboxylic acids is 1. The molecule has 1 N–H and O–H groups in total. The van der Waals surface area contributed by atoms with E-state index in [-0.39, 0.29) is 29.9 Å². The fraction of sp³-hybridized carbons (Fsp3) is 0.688. The number of halogens is 1. The van der Waals surface area contributed by atoms with Crippen LogP contribution in [0.1, 0.15) is 25.5 Å². The highest BCUT2D eigenvalue weighted by Gasteiger charge is 2.20. The second-order valence-corrected chi connectivity index (χ2v) is 5.64. The Balaban J connectivity index is 0.00000312. The zero-order chi connectivity index (χ0) is 17.2. The summed E-state index contributed by atoms with van der Waals surface area (Å²) in [6.07, 6.45) is 2.78. The molecule has 0 bridgehead atoms. The molecule has 0 unspecified atom stereocenters. The lowest BCUT2D eigenvalue weighted by Crippen LogP contribution is -2.52. The Morgan fingerprint density at radius 2 is 2.16 bits per heavy atom. The van der Waals surface area contributed by atoms with E-state index in [2.05, 4.69) is 25.3 Å². The highest BCUT2D eigenvalue weighted by atomic mass is 127. The summed E-state index contributed by atoms with van der Waals surface area (Å²) in [5.74, 6) is 0.746. The Bertz CT molecular complexity index is 516. The first-order valence-electron chi connectivity index (χ1n) is 8.45. The summed E-state index contributed by atoms with van der Waals surface area (Å²) >= 11 is 0. The molecule has 2 heterocycles. The maximum atomic E-state index is 11.3. The topological polar surface area (TPSA) is 83.2 Å². The quantitative estimate of drug-likeness (QED) is 0.214. The van der Waals surface area contributed by atoms with Gasteiger partial charge in [-0.05, 0) is 13.3 Å². The summed E-state index contributed by atoms with van der Waals surface area (Å²) in [4.78, 5) is 20.2. The molecule has 0 aliphatic carbocycles. The molecular formula is C16H28IN5O3. The Morgan fingerprint density at radius 1 is 1.40 bits per heavy atom. The highest BCUT2D eigenvalue weighted by Crippen LogP contribution is 2.07. The largest absolute Gasteiger partial charge is 0.466 e. The van der Waals surface area contributed by atoms with E-state index in [4.69, 9.17) is 9.26 Å². The number of esters is 1. The lowest BCUT2D eigenvalue weighted by Gasteiger charge is -2.36. The van der Waals surface area contributed by atoms with Gasteiger partial charge in [0.25, 0.3) is 0 Å². The number of rotatable bonds is 7. The molecule has 0 amide bonds. The summed E-state index contributed by atoms with van der Waals surface area (Å²) in [6.45, 7) is 7.52. The van der Waals surface area contributed by atoms with E-state index < -0.39 is 0 Å². The fourth-order valence-corrected chi connectivity index (χ4v) is 2.66. The predicted molar refractivity (Wildman–Crippen MR) is 106 cm³/mol. The maximum absolute atomic E-state index is 11.3. The monoisotopic (exact) mass is 465 g/mol. The number of piperazine rings is 1. The molecule has 1 aromatic rings. The maximum Gasteiger partial charge on any atom is 0.305 e. The van der Waals surface area contributed by atoms with Crippen LogP contribution in [0, 0.1) is 0 Å². The molecule has 1 aromatic heterocycles. The summed E-state index contributed by atoms with van der Waals surface area (Å²) in [6, 6.07) is 1.90. The van der Waals surface area contributed by atoms with Gasteiger partial charge >= 0.3 is 5.97 Å². The van der Waals surface area contributed by atoms with Gasteiger partial charge in [-0.15, -0.1) is 24.0 Å². The van der Waals surface area contributed by atoms with E-state index in [1.54, 1.807) is 13.3 Å². The molecule has 1 aliphatic rings. The second kappa shape index (κ2) is 12.1. The normalized spacial score (nSPS) is 15.6. The van der Waals surface area contributed by atoms with Gasteiger partial charge in [0.15, 0.2) is 5.96 Å². The van der Waals surface area contributed by atoms with Crippen LogP contribution in [0.2, 0.25) is 0 Å². The van der Waals surface area contributed by atoms with Crippen LogP contribution in [0.4, 0.5) is 0 Å². The molecule has 9 heteroatoms. The molecule has 2 rings (SSSR count). The average molecular weight is 465 g/mol. The van der Waals surface area contributed by atoms with Crippen LogP contribution in [0.5, 0.6) is 0 Å².